The van der Waals surface area contributed by atoms with Crippen LogP contribution in [0.2, 0.25) is 0 Å². The lowest BCUT2D eigenvalue weighted by molar-refractivity contribution is 0.556. The Balaban J connectivity index is 1.90. The first-order chi connectivity index (χ1) is 8.34. The first kappa shape index (κ1) is 14.6. The molecule has 0 aliphatic rings. The molecule has 17 heavy (non-hydrogen) atoms. The van der Waals surface area contributed by atoms with E-state index in [0.717, 1.165) is 19.6 Å². The highest BCUT2D eigenvalue weighted by atomic mass is 32.1. The van der Waals surface area contributed by atoms with Gasteiger partial charge in [-0.2, -0.15) is 0 Å². The van der Waals surface area contributed by atoms with Gasteiger partial charge >= 0.3 is 0 Å². The normalized spacial score (nSPS) is 12.8. The van der Waals surface area contributed by atoms with Gasteiger partial charge in [0.2, 0.25) is 0 Å². The third-order valence-corrected chi connectivity index (χ3v) is 3.89. The van der Waals surface area contributed by atoms with Crippen molar-refractivity contribution in [2.45, 2.75) is 44.9 Å². The van der Waals surface area contributed by atoms with E-state index >= 15 is 0 Å². The van der Waals surface area contributed by atoms with Crippen molar-refractivity contribution in [1.29, 1.82) is 0 Å². The highest BCUT2D eigenvalue weighted by molar-refractivity contribution is 7.09. The van der Waals surface area contributed by atoms with E-state index in [4.69, 9.17) is 5.73 Å². The first-order valence-electron chi connectivity index (χ1n) is 6.64. The van der Waals surface area contributed by atoms with Gasteiger partial charge in [-0.3, -0.25) is 0 Å². The number of nitrogens with two attached hydrogens (primary N) is 1. The minimum atomic E-state index is 0.534. The van der Waals surface area contributed by atoms with E-state index in [2.05, 4.69) is 17.2 Å². The number of unbranched alkanes of at least 4 members (excludes halogenated alkanes) is 4. The minimum Gasteiger partial charge on any atom is -0.330 e. The molecule has 98 valence electrons. The molecule has 4 heteroatoms. The summed E-state index contributed by atoms with van der Waals surface area (Å²) in [5.74, 6) is 0.534. The largest absolute Gasteiger partial charge is 0.330 e. The molecule has 0 spiro atoms. The fourth-order valence-electron chi connectivity index (χ4n) is 1.81. The third kappa shape index (κ3) is 6.76. The number of rotatable bonds is 10. The molecule has 0 radical (unpaired) electrons. The molecular formula is C13H25N3S. The van der Waals surface area contributed by atoms with Gasteiger partial charge in [0.1, 0.15) is 0 Å². The summed E-state index contributed by atoms with van der Waals surface area (Å²) >= 11 is 1.75. The van der Waals surface area contributed by atoms with Crippen LogP contribution in [0.5, 0.6) is 0 Å². The van der Waals surface area contributed by atoms with Crippen molar-refractivity contribution < 1.29 is 0 Å². The maximum Gasteiger partial charge on any atom is 0.0965 e. The van der Waals surface area contributed by atoms with Crippen molar-refractivity contribution in [2.24, 2.45) is 5.73 Å². The number of aromatic nitrogens is 1. The molecule has 0 fully saturated rings. The smallest absolute Gasteiger partial charge is 0.0965 e. The van der Waals surface area contributed by atoms with Crippen LogP contribution in [-0.4, -0.2) is 24.6 Å². The molecule has 0 saturated carbocycles. The Hall–Kier alpha value is -0.450. The number of nitrogens with one attached hydrogen (secondary N) is 1. The Morgan fingerprint density at radius 3 is 2.76 bits per heavy atom. The number of hydrogen-bond donors (Lipinski definition) is 2. The maximum atomic E-state index is 5.45. The molecule has 1 aromatic heterocycles. The molecule has 0 bridgehead atoms. The van der Waals surface area contributed by atoms with E-state index in [1.54, 1.807) is 11.3 Å². The van der Waals surface area contributed by atoms with Crippen LogP contribution in [0, 0.1) is 0 Å². The fraction of sp³-hybridized carbons (Fsp3) is 0.769. The van der Waals surface area contributed by atoms with E-state index in [9.17, 15) is 0 Å². The highest BCUT2D eigenvalue weighted by Crippen LogP contribution is 2.16. The van der Waals surface area contributed by atoms with Gasteiger partial charge < -0.3 is 11.1 Å². The van der Waals surface area contributed by atoms with Crippen molar-refractivity contribution >= 4 is 11.3 Å². The van der Waals surface area contributed by atoms with Crippen molar-refractivity contribution in [3.63, 3.8) is 0 Å². The summed E-state index contributed by atoms with van der Waals surface area (Å²) in [7, 11) is 0. The summed E-state index contributed by atoms with van der Waals surface area (Å²) in [6.45, 7) is 5.23. The average molecular weight is 255 g/mol. The molecular weight excluding hydrogens is 230 g/mol. The number of nitrogens with zero attached hydrogens (tertiary/aromatic N) is 1. The van der Waals surface area contributed by atoms with E-state index in [1.165, 1.54) is 37.1 Å². The molecule has 1 rings (SSSR count). The van der Waals surface area contributed by atoms with Crippen LogP contribution in [0.1, 0.15) is 50.0 Å². The molecule has 3 N–H and O–H groups in total. The SMILES string of the molecule is CC(CNCCCCCCCN)c1nccs1. The van der Waals surface area contributed by atoms with E-state index < -0.39 is 0 Å². The monoisotopic (exact) mass is 255 g/mol. The van der Waals surface area contributed by atoms with Gasteiger partial charge in [0.25, 0.3) is 0 Å². The summed E-state index contributed by atoms with van der Waals surface area (Å²) in [5.41, 5.74) is 5.45. The summed E-state index contributed by atoms with van der Waals surface area (Å²) in [4.78, 5) is 4.33. The average Bonchev–Trinajstić information content (AvgIpc) is 2.86. The Kier molecular flexibility index (Phi) is 8.22. The second-order valence-corrected chi connectivity index (χ2v) is 5.46. The molecule has 1 aromatic rings. The molecule has 3 nitrogen and oxygen atoms in total. The zero-order valence-corrected chi connectivity index (χ0v) is 11.6. The predicted molar refractivity (Wildman–Crippen MR) is 75.5 cm³/mol. The van der Waals surface area contributed by atoms with Crippen LogP contribution in [0.3, 0.4) is 0 Å². The van der Waals surface area contributed by atoms with Crippen molar-refractivity contribution in [3.8, 4) is 0 Å². The van der Waals surface area contributed by atoms with Crippen molar-refractivity contribution in [1.82, 2.24) is 10.3 Å². The van der Waals surface area contributed by atoms with Crippen LogP contribution in [0.25, 0.3) is 0 Å². The molecule has 1 unspecified atom stereocenters. The summed E-state index contributed by atoms with van der Waals surface area (Å²) in [5, 5.41) is 6.79. The van der Waals surface area contributed by atoms with Crippen LogP contribution in [0.15, 0.2) is 11.6 Å². The maximum absolute atomic E-state index is 5.45. The zero-order chi connectivity index (χ0) is 12.3. The quantitative estimate of drug-likeness (QED) is 0.632. The summed E-state index contributed by atoms with van der Waals surface area (Å²) in [6, 6.07) is 0. The number of hydrogen-bond acceptors (Lipinski definition) is 4. The van der Waals surface area contributed by atoms with Gasteiger partial charge in [-0.25, -0.2) is 4.98 Å². The topological polar surface area (TPSA) is 50.9 Å². The number of thiazole rings is 1. The van der Waals surface area contributed by atoms with Gasteiger partial charge in [-0.05, 0) is 25.9 Å². The Morgan fingerprint density at radius 1 is 1.29 bits per heavy atom. The van der Waals surface area contributed by atoms with Crippen LogP contribution < -0.4 is 11.1 Å². The lowest BCUT2D eigenvalue weighted by atomic mass is 10.1. The predicted octanol–water partition coefficient (Wildman–Crippen LogP) is 2.75. The molecule has 1 heterocycles. The fourth-order valence-corrected chi connectivity index (χ4v) is 2.51. The van der Waals surface area contributed by atoms with Gasteiger partial charge in [-0.15, -0.1) is 11.3 Å². The van der Waals surface area contributed by atoms with Gasteiger partial charge in [0.05, 0.1) is 5.01 Å². The van der Waals surface area contributed by atoms with E-state index in [-0.39, 0.29) is 0 Å². The molecule has 0 saturated heterocycles. The zero-order valence-electron chi connectivity index (χ0n) is 10.8. The molecule has 0 aromatic carbocycles. The molecule has 1 atom stereocenters. The minimum absolute atomic E-state index is 0.534. The Bertz CT molecular complexity index is 262. The first-order valence-corrected chi connectivity index (χ1v) is 7.52. The van der Waals surface area contributed by atoms with E-state index in [0.29, 0.717) is 5.92 Å². The summed E-state index contributed by atoms with van der Waals surface area (Å²) < 4.78 is 0. The summed E-state index contributed by atoms with van der Waals surface area (Å²) in [6.07, 6.45) is 8.25. The second kappa shape index (κ2) is 9.57. The Labute approximate surface area is 109 Å². The molecule has 0 aliphatic heterocycles. The van der Waals surface area contributed by atoms with Gasteiger partial charge in [0, 0.05) is 24.0 Å². The van der Waals surface area contributed by atoms with E-state index in [1.807, 2.05) is 11.6 Å². The van der Waals surface area contributed by atoms with Crippen molar-refractivity contribution in [2.75, 3.05) is 19.6 Å². The lowest BCUT2D eigenvalue weighted by Gasteiger charge is -2.09. The highest BCUT2D eigenvalue weighted by Gasteiger charge is 2.06. The van der Waals surface area contributed by atoms with Crippen LogP contribution >= 0.6 is 11.3 Å². The van der Waals surface area contributed by atoms with Crippen LogP contribution in [0.4, 0.5) is 0 Å². The molecule has 0 amide bonds. The Morgan fingerprint density at radius 2 is 2.06 bits per heavy atom. The van der Waals surface area contributed by atoms with Crippen LogP contribution in [-0.2, 0) is 0 Å². The van der Waals surface area contributed by atoms with Gasteiger partial charge in [0.15, 0.2) is 0 Å². The van der Waals surface area contributed by atoms with Crippen molar-refractivity contribution in [3.05, 3.63) is 16.6 Å². The standard InChI is InChI=1S/C13H25N3S/c1-12(13-16-9-10-17-13)11-15-8-6-4-2-3-5-7-14/h9-10,12,15H,2-8,11,14H2,1H3. The third-order valence-electron chi connectivity index (χ3n) is 2.88. The molecule has 0 aliphatic carbocycles. The van der Waals surface area contributed by atoms with Gasteiger partial charge in [-0.1, -0.05) is 26.2 Å². The second-order valence-electron chi connectivity index (χ2n) is 4.53. The lowest BCUT2D eigenvalue weighted by Crippen LogP contribution is -2.21.